The van der Waals surface area contributed by atoms with Gasteiger partial charge in [0.25, 0.3) is 5.69 Å². The molecule has 0 atom stereocenters. The van der Waals surface area contributed by atoms with E-state index in [0.717, 1.165) is 12.1 Å². The summed E-state index contributed by atoms with van der Waals surface area (Å²) >= 11 is 0. The Labute approximate surface area is 135 Å². The zero-order chi connectivity index (χ0) is 16.1. The molecule has 1 aliphatic rings. The molecule has 3 rings (SSSR count). The molecule has 0 spiro atoms. The molecule has 0 radical (unpaired) electrons. The second-order valence-corrected chi connectivity index (χ2v) is 6.23. The molecule has 1 aliphatic carbocycles. The van der Waals surface area contributed by atoms with Crippen molar-refractivity contribution in [2.45, 2.75) is 38.6 Å². The zero-order valence-electron chi connectivity index (χ0n) is 13.1. The molecule has 1 fully saturated rings. The van der Waals surface area contributed by atoms with Gasteiger partial charge in [0.15, 0.2) is 0 Å². The van der Waals surface area contributed by atoms with Gasteiger partial charge in [0.2, 0.25) is 0 Å². The first kappa shape index (κ1) is 15.5. The Kier molecular flexibility index (Phi) is 4.90. The third-order valence-corrected chi connectivity index (χ3v) is 4.49. The number of nitrogens with zero attached hydrogens (tertiary/aromatic N) is 3. The monoisotopic (exact) mass is 314 g/mol. The SMILES string of the molecule is O=[N+]([O-])c1ccc(Cn2ccnc2)cc1NCC1CCCCC1. The van der Waals surface area contributed by atoms with E-state index in [1.165, 1.54) is 32.1 Å². The molecule has 2 aromatic rings. The second-order valence-electron chi connectivity index (χ2n) is 6.23. The molecule has 0 unspecified atom stereocenters. The van der Waals surface area contributed by atoms with Gasteiger partial charge in [0.05, 0.1) is 11.3 Å². The van der Waals surface area contributed by atoms with E-state index in [2.05, 4.69) is 10.3 Å². The minimum atomic E-state index is -0.315. The van der Waals surface area contributed by atoms with Gasteiger partial charge in [-0.1, -0.05) is 25.3 Å². The first-order chi connectivity index (χ1) is 11.2. The second kappa shape index (κ2) is 7.26. The summed E-state index contributed by atoms with van der Waals surface area (Å²) in [7, 11) is 0. The van der Waals surface area contributed by atoms with Crippen LogP contribution in [0.1, 0.15) is 37.7 Å². The van der Waals surface area contributed by atoms with E-state index in [0.29, 0.717) is 18.2 Å². The molecule has 1 heterocycles. The van der Waals surface area contributed by atoms with E-state index >= 15 is 0 Å². The Morgan fingerprint density at radius 1 is 1.30 bits per heavy atom. The maximum absolute atomic E-state index is 11.3. The molecule has 1 aromatic heterocycles. The standard InChI is InChI=1S/C17H22N4O2/c22-21(23)17-7-6-15(12-20-9-8-18-13-20)10-16(17)19-11-14-4-2-1-3-5-14/h6-10,13-14,19H,1-5,11-12H2. The number of nitrogens with one attached hydrogen (secondary N) is 1. The van der Waals surface area contributed by atoms with Gasteiger partial charge in [-0.25, -0.2) is 4.98 Å². The minimum absolute atomic E-state index is 0.148. The molecular formula is C17H22N4O2. The van der Waals surface area contributed by atoms with Crippen LogP contribution in [-0.4, -0.2) is 21.0 Å². The Bertz CT molecular complexity index is 649. The van der Waals surface area contributed by atoms with Gasteiger partial charge >= 0.3 is 0 Å². The fraction of sp³-hybridized carbons (Fsp3) is 0.471. The predicted octanol–water partition coefficient (Wildman–Crippen LogP) is 3.83. The highest BCUT2D eigenvalue weighted by molar-refractivity contribution is 5.62. The van der Waals surface area contributed by atoms with E-state index < -0.39 is 0 Å². The molecular weight excluding hydrogens is 292 g/mol. The predicted molar refractivity (Wildman–Crippen MR) is 89.5 cm³/mol. The molecule has 6 heteroatoms. The summed E-state index contributed by atoms with van der Waals surface area (Å²) in [5, 5.41) is 14.6. The van der Waals surface area contributed by atoms with Gasteiger partial charge in [-0.2, -0.15) is 0 Å². The number of hydrogen-bond acceptors (Lipinski definition) is 4. The first-order valence-corrected chi connectivity index (χ1v) is 8.19. The van der Waals surface area contributed by atoms with Crippen LogP contribution in [0.3, 0.4) is 0 Å². The topological polar surface area (TPSA) is 73.0 Å². The van der Waals surface area contributed by atoms with Crippen molar-refractivity contribution in [3.05, 3.63) is 52.6 Å². The molecule has 0 saturated heterocycles. The zero-order valence-corrected chi connectivity index (χ0v) is 13.1. The van der Waals surface area contributed by atoms with Crippen LogP contribution in [0.4, 0.5) is 11.4 Å². The van der Waals surface area contributed by atoms with Gasteiger partial charge in [0, 0.05) is 31.5 Å². The van der Waals surface area contributed by atoms with Crippen LogP contribution in [0.2, 0.25) is 0 Å². The fourth-order valence-electron chi connectivity index (χ4n) is 3.22. The van der Waals surface area contributed by atoms with E-state index in [1.54, 1.807) is 18.6 Å². The van der Waals surface area contributed by atoms with Crippen molar-refractivity contribution >= 4 is 11.4 Å². The summed E-state index contributed by atoms with van der Waals surface area (Å²) in [6, 6.07) is 5.29. The Hall–Kier alpha value is -2.37. The fourth-order valence-corrected chi connectivity index (χ4v) is 3.22. The third kappa shape index (κ3) is 4.09. The van der Waals surface area contributed by atoms with Gasteiger partial charge < -0.3 is 9.88 Å². The van der Waals surface area contributed by atoms with Crippen molar-refractivity contribution in [1.82, 2.24) is 9.55 Å². The molecule has 0 amide bonds. The van der Waals surface area contributed by atoms with Gasteiger partial charge in [-0.3, -0.25) is 10.1 Å². The number of anilines is 1. The van der Waals surface area contributed by atoms with E-state index in [1.807, 2.05) is 22.9 Å². The van der Waals surface area contributed by atoms with Crippen LogP contribution in [0.25, 0.3) is 0 Å². The van der Waals surface area contributed by atoms with Crippen molar-refractivity contribution in [2.24, 2.45) is 5.92 Å². The molecule has 6 nitrogen and oxygen atoms in total. The van der Waals surface area contributed by atoms with Crippen molar-refractivity contribution in [1.29, 1.82) is 0 Å². The normalized spacial score (nSPS) is 15.5. The number of aromatic nitrogens is 2. The lowest BCUT2D eigenvalue weighted by Crippen LogP contribution is -2.17. The number of nitro benzene ring substituents is 1. The van der Waals surface area contributed by atoms with Crippen LogP contribution >= 0.6 is 0 Å². The minimum Gasteiger partial charge on any atom is -0.379 e. The largest absolute Gasteiger partial charge is 0.379 e. The lowest BCUT2D eigenvalue weighted by molar-refractivity contribution is -0.384. The molecule has 0 aliphatic heterocycles. The van der Waals surface area contributed by atoms with Gasteiger partial charge in [-0.05, 0) is 30.4 Å². The quantitative estimate of drug-likeness (QED) is 0.649. The molecule has 1 N–H and O–H groups in total. The summed E-state index contributed by atoms with van der Waals surface area (Å²) in [5.74, 6) is 0.626. The summed E-state index contributed by atoms with van der Waals surface area (Å²) in [4.78, 5) is 15.0. The highest BCUT2D eigenvalue weighted by Gasteiger charge is 2.17. The maximum atomic E-state index is 11.3. The summed E-state index contributed by atoms with van der Waals surface area (Å²) in [5.41, 5.74) is 1.80. The molecule has 0 bridgehead atoms. The number of rotatable bonds is 6. The van der Waals surface area contributed by atoms with E-state index in [4.69, 9.17) is 0 Å². The van der Waals surface area contributed by atoms with Crippen molar-refractivity contribution < 1.29 is 4.92 Å². The molecule has 23 heavy (non-hydrogen) atoms. The summed E-state index contributed by atoms with van der Waals surface area (Å²) in [6.07, 6.45) is 11.7. The van der Waals surface area contributed by atoms with Crippen LogP contribution < -0.4 is 5.32 Å². The van der Waals surface area contributed by atoms with Crippen molar-refractivity contribution in [2.75, 3.05) is 11.9 Å². The average Bonchev–Trinajstić information content (AvgIpc) is 3.07. The average molecular weight is 314 g/mol. The Morgan fingerprint density at radius 3 is 2.83 bits per heavy atom. The Balaban J connectivity index is 1.73. The summed E-state index contributed by atoms with van der Waals surface area (Å²) in [6.45, 7) is 1.48. The number of benzene rings is 1. The lowest BCUT2D eigenvalue weighted by Gasteiger charge is -2.22. The molecule has 122 valence electrons. The highest BCUT2D eigenvalue weighted by Crippen LogP contribution is 2.28. The van der Waals surface area contributed by atoms with Crippen LogP contribution in [-0.2, 0) is 6.54 Å². The number of nitro groups is 1. The molecule has 1 saturated carbocycles. The van der Waals surface area contributed by atoms with Gasteiger partial charge in [-0.15, -0.1) is 0 Å². The van der Waals surface area contributed by atoms with Crippen molar-refractivity contribution in [3.63, 3.8) is 0 Å². The summed E-state index contributed by atoms with van der Waals surface area (Å²) < 4.78 is 1.95. The Morgan fingerprint density at radius 2 is 2.13 bits per heavy atom. The van der Waals surface area contributed by atoms with E-state index in [9.17, 15) is 10.1 Å². The molecule has 1 aromatic carbocycles. The van der Waals surface area contributed by atoms with Crippen molar-refractivity contribution in [3.8, 4) is 0 Å². The van der Waals surface area contributed by atoms with E-state index in [-0.39, 0.29) is 10.6 Å². The number of hydrogen-bond donors (Lipinski definition) is 1. The van der Waals surface area contributed by atoms with Crippen LogP contribution in [0.15, 0.2) is 36.9 Å². The number of imidazole rings is 1. The van der Waals surface area contributed by atoms with Crippen LogP contribution in [0.5, 0.6) is 0 Å². The maximum Gasteiger partial charge on any atom is 0.292 e. The highest BCUT2D eigenvalue weighted by atomic mass is 16.6. The third-order valence-electron chi connectivity index (χ3n) is 4.49. The first-order valence-electron chi connectivity index (χ1n) is 8.19. The van der Waals surface area contributed by atoms with Crippen LogP contribution in [0, 0.1) is 16.0 Å². The smallest absolute Gasteiger partial charge is 0.292 e. The van der Waals surface area contributed by atoms with Gasteiger partial charge in [0.1, 0.15) is 5.69 Å². The lowest BCUT2D eigenvalue weighted by atomic mass is 9.89.